The monoisotopic (exact) mass is 308 g/mol. The maximum atomic E-state index is 13.1. The summed E-state index contributed by atoms with van der Waals surface area (Å²) >= 11 is 0. The Hall–Kier alpha value is -1.79. The fraction of sp³-hybridized carbons (Fsp3) is 0.267. The average Bonchev–Trinajstić information content (AvgIpc) is 2.45. The molecule has 1 aromatic heterocycles. The fourth-order valence-corrected chi connectivity index (χ4v) is 3.38. The van der Waals surface area contributed by atoms with Gasteiger partial charge in [-0.15, -0.1) is 0 Å². The normalized spacial score (nSPS) is 11.8. The lowest BCUT2D eigenvalue weighted by atomic mass is 10.2. The summed E-state index contributed by atoms with van der Waals surface area (Å²) in [5.74, 6) is -0.442. The molecule has 0 bridgehead atoms. The number of aromatic nitrogens is 1. The van der Waals surface area contributed by atoms with Crippen LogP contribution in [0.25, 0.3) is 0 Å². The predicted octanol–water partition coefficient (Wildman–Crippen LogP) is 2.39. The Labute approximate surface area is 124 Å². The van der Waals surface area contributed by atoms with Crippen LogP contribution in [0.1, 0.15) is 11.3 Å². The third kappa shape index (κ3) is 3.65. The minimum Gasteiger partial charge on any atom is -0.261 e. The Morgan fingerprint density at radius 3 is 2.62 bits per heavy atom. The molecule has 1 aromatic carbocycles. The molecule has 0 aliphatic heterocycles. The maximum absolute atomic E-state index is 13.1. The van der Waals surface area contributed by atoms with Crippen LogP contribution >= 0.6 is 0 Å². The lowest BCUT2D eigenvalue weighted by Crippen LogP contribution is -2.29. The van der Waals surface area contributed by atoms with Crippen LogP contribution in [0.3, 0.4) is 0 Å². The number of pyridine rings is 1. The Kier molecular flexibility index (Phi) is 4.69. The number of sulfonamides is 1. The molecular formula is C15H17FN2O2S. The molecule has 0 atom stereocenters. The molecule has 0 saturated carbocycles. The first-order valence-electron chi connectivity index (χ1n) is 6.53. The molecule has 21 heavy (non-hydrogen) atoms. The molecule has 0 aliphatic carbocycles. The van der Waals surface area contributed by atoms with Crippen molar-refractivity contribution in [2.75, 3.05) is 13.6 Å². The molecule has 4 nitrogen and oxygen atoms in total. The van der Waals surface area contributed by atoms with Gasteiger partial charge in [0.1, 0.15) is 5.82 Å². The van der Waals surface area contributed by atoms with Crippen molar-refractivity contribution >= 4 is 10.0 Å². The van der Waals surface area contributed by atoms with Crippen molar-refractivity contribution in [3.63, 3.8) is 0 Å². The molecule has 0 radical (unpaired) electrons. The van der Waals surface area contributed by atoms with Gasteiger partial charge in [-0.05, 0) is 42.8 Å². The topological polar surface area (TPSA) is 50.3 Å². The van der Waals surface area contributed by atoms with E-state index in [-0.39, 0.29) is 4.90 Å². The third-order valence-corrected chi connectivity index (χ3v) is 5.25. The van der Waals surface area contributed by atoms with Crippen LogP contribution in [-0.4, -0.2) is 31.3 Å². The molecule has 0 aliphatic rings. The summed E-state index contributed by atoms with van der Waals surface area (Å²) in [5.41, 5.74) is 1.23. The maximum Gasteiger partial charge on any atom is 0.243 e. The second-order valence-corrected chi connectivity index (χ2v) is 6.82. The van der Waals surface area contributed by atoms with Crippen LogP contribution in [0, 0.1) is 12.7 Å². The van der Waals surface area contributed by atoms with E-state index >= 15 is 0 Å². The summed E-state index contributed by atoms with van der Waals surface area (Å²) < 4.78 is 39.3. The summed E-state index contributed by atoms with van der Waals surface area (Å²) in [6.07, 6.45) is 2.20. The molecule has 0 amide bonds. The van der Waals surface area contributed by atoms with Gasteiger partial charge in [-0.3, -0.25) is 4.98 Å². The van der Waals surface area contributed by atoms with Crippen molar-refractivity contribution < 1.29 is 12.8 Å². The summed E-state index contributed by atoms with van der Waals surface area (Å²) in [5, 5.41) is 0. The predicted molar refractivity (Wildman–Crippen MR) is 78.9 cm³/mol. The molecule has 2 aromatic rings. The highest BCUT2D eigenvalue weighted by atomic mass is 32.2. The lowest BCUT2D eigenvalue weighted by molar-refractivity contribution is 0.470. The number of halogens is 1. The van der Waals surface area contributed by atoms with Crippen LogP contribution < -0.4 is 0 Å². The van der Waals surface area contributed by atoms with Gasteiger partial charge in [-0.1, -0.05) is 6.07 Å². The summed E-state index contributed by atoms with van der Waals surface area (Å²) in [6, 6.07) is 9.21. The minimum absolute atomic E-state index is 0.132. The van der Waals surface area contributed by atoms with E-state index < -0.39 is 15.8 Å². The molecule has 0 N–H and O–H groups in total. The molecular weight excluding hydrogens is 291 g/mol. The van der Waals surface area contributed by atoms with Crippen molar-refractivity contribution in [3.8, 4) is 0 Å². The average molecular weight is 308 g/mol. The van der Waals surface area contributed by atoms with Gasteiger partial charge in [0.15, 0.2) is 0 Å². The quantitative estimate of drug-likeness (QED) is 0.852. The fourth-order valence-electron chi connectivity index (χ4n) is 2.01. The Bertz CT molecular complexity index is 718. The van der Waals surface area contributed by atoms with Crippen LogP contribution in [0.5, 0.6) is 0 Å². The first-order valence-corrected chi connectivity index (χ1v) is 7.97. The zero-order valence-electron chi connectivity index (χ0n) is 12.0. The molecule has 0 fully saturated rings. The standard InChI is InChI=1S/C15H17FN2O2S/c1-12-11-13(16)6-7-15(12)21(19,20)18(2)10-8-14-5-3-4-9-17-14/h3-7,9,11H,8,10H2,1-2H3. The van der Waals surface area contributed by atoms with Gasteiger partial charge < -0.3 is 0 Å². The van der Waals surface area contributed by atoms with E-state index in [0.717, 1.165) is 11.8 Å². The van der Waals surface area contributed by atoms with Crippen molar-refractivity contribution in [3.05, 3.63) is 59.7 Å². The Morgan fingerprint density at radius 1 is 1.24 bits per heavy atom. The summed E-state index contributed by atoms with van der Waals surface area (Å²) in [7, 11) is -2.10. The van der Waals surface area contributed by atoms with Crippen LogP contribution in [0.4, 0.5) is 4.39 Å². The molecule has 0 spiro atoms. The third-order valence-electron chi connectivity index (χ3n) is 3.23. The first kappa shape index (κ1) is 15.6. The van der Waals surface area contributed by atoms with Crippen LogP contribution in [0.2, 0.25) is 0 Å². The van der Waals surface area contributed by atoms with Crippen molar-refractivity contribution in [2.24, 2.45) is 0 Å². The SMILES string of the molecule is Cc1cc(F)ccc1S(=O)(=O)N(C)CCc1ccccn1. The number of aryl methyl sites for hydroxylation is 1. The van der Waals surface area contributed by atoms with E-state index in [1.54, 1.807) is 13.1 Å². The number of likely N-dealkylation sites (N-methyl/N-ethyl adjacent to an activating group) is 1. The summed E-state index contributed by atoms with van der Waals surface area (Å²) in [6.45, 7) is 1.90. The highest BCUT2D eigenvalue weighted by Gasteiger charge is 2.22. The van der Waals surface area contributed by atoms with Gasteiger partial charge in [0.05, 0.1) is 4.90 Å². The molecule has 6 heteroatoms. The van der Waals surface area contributed by atoms with Gasteiger partial charge in [0.2, 0.25) is 10.0 Å². The number of nitrogens with zero attached hydrogens (tertiary/aromatic N) is 2. The highest BCUT2D eigenvalue weighted by molar-refractivity contribution is 7.89. The van der Waals surface area contributed by atoms with Gasteiger partial charge in [0, 0.05) is 31.9 Å². The zero-order valence-corrected chi connectivity index (χ0v) is 12.8. The van der Waals surface area contributed by atoms with E-state index in [2.05, 4.69) is 4.98 Å². The van der Waals surface area contributed by atoms with Gasteiger partial charge in [0.25, 0.3) is 0 Å². The number of hydrogen-bond acceptors (Lipinski definition) is 3. The molecule has 112 valence electrons. The molecule has 2 rings (SSSR count). The molecule has 0 saturated heterocycles. The Morgan fingerprint density at radius 2 is 2.00 bits per heavy atom. The number of hydrogen-bond donors (Lipinski definition) is 0. The van der Waals surface area contributed by atoms with E-state index in [4.69, 9.17) is 0 Å². The smallest absolute Gasteiger partial charge is 0.243 e. The van der Waals surface area contributed by atoms with Crippen LogP contribution in [-0.2, 0) is 16.4 Å². The molecule has 1 heterocycles. The van der Waals surface area contributed by atoms with Gasteiger partial charge in [-0.2, -0.15) is 0 Å². The van der Waals surface area contributed by atoms with Crippen molar-refractivity contribution in [1.82, 2.24) is 9.29 Å². The van der Waals surface area contributed by atoms with Gasteiger partial charge in [-0.25, -0.2) is 17.1 Å². The highest BCUT2D eigenvalue weighted by Crippen LogP contribution is 2.19. The second-order valence-electron chi connectivity index (χ2n) is 4.81. The van der Waals surface area contributed by atoms with E-state index in [1.165, 1.54) is 23.5 Å². The van der Waals surface area contributed by atoms with Gasteiger partial charge >= 0.3 is 0 Å². The van der Waals surface area contributed by atoms with E-state index in [1.807, 2.05) is 18.2 Å². The lowest BCUT2D eigenvalue weighted by Gasteiger charge is -2.18. The molecule has 0 unspecified atom stereocenters. The van der Waals surface area contributed by atoms with Crippen molar-refractivity contribution in [1.29, 1.82) is 0 Å². The summed E-state index contributed by atoms with van der Waals surface area (Å²) in [4.78, 5) is 4.30. The number of rotatable bonds is 5. The van der Waals surface area contributed by atoms with E-state index in [0.29, 0.717) is 18.5 Å². The number of benzene rings is 1. The minimum atomic E-state index is -3.62. The zero-order chi connectivity index (χ0) is 15.5. The second kappa shape index (κ2) is 6.32. The van der Waals surface area contributed by atoms with Crippen molar-refractivity contribution in [2.45, 2.75) is 18.2 Å². The van der Waals surface area contributed by atoms with E-state index in [9.17, 15) is 12.8 Å². The van der Waals surface area contributed by atoms with Crippen LogP contribution in [0.15, 0.2) is 47.5 Å². The Balaban J connectivity index is 2.15. The first-order chi connectivity index (χ1) is 9.91. The largest absolute Gasteiger partial charge is 0.261 e.